The fourth-order valence-electron chi connectivity index (χ4n) is 3.29. The molecule has 0 saturated heterocycles. The van der Waals surface area contributed by atoms with Gasteiger partial charge in [-0.1, -0.05) is 55.8 Å². The molecule has 0 bridgehead atoms. The van der Waals surface area contributed by atoms with Crippen LogP contribution in [0.5, 0.6) is 5.75 Å². The molecule has 0 unspecified atom stereocenters. The lowest BCUT2D eigenvalue weighted by molar-refractivity contribution is 0.103. The normalized spacial score (nSPS) is 13.4. The number of carbonyl (C=O) groups is 1. The fraction of sp³-hybridized carbons (Fsp3) is 0.292. The molecule has 0 heterocycles. The maximum Gasteiger partial charge on any atom is 0.193 e. The summed E-state index contributed by atoms with van der Waals surface area (Å²) in [6.45, 7) is 4.75. The number of hydrogen-bond donors (Lipinski definition) is 0. The third-order valence-electron chi connectivity index (χ3n) is 4.62. The molecule has 0 amide bonds. The standard InChI is InChI=1S/C24H26O2/c1-3-8-21-17-22(15-16-23(21)26-4-2)24(25)20-13-11-19(12-14-20)18-9-6-5-7-10-18/h6,9-17H,3-5,7-8H2,1-2H3. The van der Waals surface area contributed by atoms with E-state index >= 15 is 0 Å². The van der Waals surface area contributed by atoms with E-state index in [4.69, 9.17) is 4.74 Å². The van der Waals surface area contributed by atoms with Crippen molar-refractivity contribution in [1.82, 2.24) is 0 Å². The molecule has 0 fully saturated rings. The Bertz CT molecular complexity index is 826. The maximum atomic E-state index is 12.9. The Hall–Kier alpha value is -2.61. The van der Waals surface area contributed by atoms with Crippen LogP contribution in [0.3, 0.4) is 0 Å². The van der Waals surface area contributed by atoms with Crippen molar-refractivity contribution in [3.63, 3.8) is 0 Å². The lowest BCUT2D eigenvalue weighted by Crippen LogP contribution is -2.04. The van der Waals surface area contributed by atoms with E-state index in [9.17, 15) is 4.79 Å². The Morgan fingerprint density at radius 3 is 2.42 bits per heavy atom. The Morgan fingerprint density at radius 2 is 1.77 bits per heavy atom. The van der Waals surface area contributed by atoms with Crippen molar-refractivity contribution in [2.75, 3.05) is 6.61 Å². The van der Waals surface area contributed by atoms with Crippen molar-refractivity contribution in [1.29, 1.82) is 0 Å². The van der Waals surface area contributed by atoms with Crippen molar-refractivity contribution in [2.24, 2.45) is 0 Å². The van der Waals surface area contributed by atoms with E-state index in [0.29, 0.717) is 6.61 Å². The van der Waals surface area contributed by atoms with E-state index in [1.54, 1.807) is 0 Å². The van der Waals surface area contributed by atoms with Gasteiger partial charge < -0.3 is 4.74 Å². The summed E-state index contributed by atoms with van der Waals surface area (Å²) in [5.74, 6) is 0.947. The highest BCUT2D eigenvalue weighted by Gasteiger charge is 2.13. The lowest BCUT2D eigenvalue weighted by Gasteiger charge is -2.12. The molecule has 2 nitrogen and oxygen atoms in total. The van der Waals surface area contributed by atoms with Crippen molar-refractivity contribution in [3.8, 4) is 5.75 Å². The fourth-order valence-corrected chi connectivity index (χ4v) is 3.29. The summed E-state index contributed by atoms with van der Waals surface area (Å²) < 4.78 is 5.69. The number of hydrogen-bond acceptors (Lipinski definition) is 2. The summed E-state index contributed by atoms with van der Waals surface area (Å²) >= 11 is 0. The molecule has 3 rings (SSSR count). The van der Waals surface area contributed by atoms with Crippen LogP contribution in [-0.2, 0) is 6.42 Å². The minimum atomic E-state index is 0.0603. The number of ether oxygens (including phenoxy) is 1. The van der Waals surface area contributed by atoms with Crippen molar-refractivity contribution >= 4 is 11.4 Å². The third-order valence-corrected chi connectivity index (χ3v) is 4.62. The highest BCUT2D eigenvalue weighted by Crippen LogP contribution is 2.25. The van der Waals surface area contributed by atoms with Gasteiger partial charge in [0.05, 0.1) is 6.61 Å². The average Bonchev–Trinajstić information content (AvgIpc) is 2.70. The van der Waals surface area contributed by atoms with Gasteiger partial charge >= 0.3 is 0 Å². The predicted octanol–water partition coefficient (Wildman–Crippen LogP) is 6.00. The summed E-state index contributed by atoms with van der Waals surface area (Å²) in [7, 11) is 0. The first-order chi connectivity index (χ1) is 12.7. The molecule has 2 aromatic rings. The number of allylic oxidation sites excluding steroid dienone is 4. The first kappa shape index (κ1) is 18.2. The highest BCUT2D eigenvalue weighted by atomic mass is 16.5. The van der Waals surface area contributed by atoms with Gasteiger partial charge in [-0.05, 0) is 61.1 Å². The SMILES string of the molecule is CCCc1cc(C(=O)c2ccc(C3=CCCC=C3)cc2)ccc1OCC. The Labute approximate surface area is 156 Å². The molecular formula is C24H26O2. The van der Waals surface area contributed by atoms with Crippen LogP contribution in [0.15, 0.2) is 60.7 Å². The van der Waals surface area contributed by atoms with Gasteiger partial charge in [0.1, 0.15) is 5.75 Å². The van der Waals surface area contributed by atoms with Gasteiger partial charge in [-0.15, -0.1) is 0 Å². The second-order valence-corrected chi connectivity index (χ2v) is 6.55. The molecule has 2 aromatic carbocycles. The summed E-state index contributed by atoms with van der Waals surface area (Å²) in [6, 6.07) is 13.7. The van der Waals surface area contributed by atoms with E-state index in [-0.39, 0.29) is 5.78 Å². The van der Waals surface area contributed by atoms with Gasteiger partial charge in [-0.3, -0.25) is 4.79 Å². The molecule has 1 aliphatic carbocycles. The molecule has 134 valence electrons. The number of ketones is 1. The average molecular weight is 346 g/mol. The van der Waals surface area contributed by atoms with Crippen LogP contribution in [0, 0.1) is 0 Å². The topological polar surface area (TPSA) is 26.3 Å². The number of benzene rings is 2. The van der Waals surface area contributed by atoms with Crippen molar-refractivity contribution in [2.45, 2.75) is 39.5 Å². The molecule has 0 radical (unpaired) electrons. The largest absolute Gasteiger partial charge is 0.494 e. The van der Waals surface area contributed by atoms with Gasteiger partial charge in [0.15, 0.2) is 5.78 Å². The van der Waals surface area contributed by atoms with E-state index < -0.39 is 0 Å². The minimum Gasteiger partial charge on any atom is -0.494 e. The van der Waals surface area contributed by atoms with Gasteiger partial charge in [0, 0.05) is 11.1 Å². The zero-order valence-corrected chi connectivity index (χ0v) is 15.6. The first-order valence-corrected chi connectivity index (χ1v) is 9.50. The lowest BCUT2D eigenvalue weighted by atomic mass is 9.95. The summed E-state index contributed by atoms with van der Waals surface area (Å²) in [5, 5.41) is 0. The Morgan fingerprint density at radius 1 is 1.00 bits per heavy atom. The maximum absolute atomic E-state index is 12.9. The highest BCUT2D eigenvalue weighted by molar-refractivity contribution is 6.09. The van der Waals surface area contributed by atoms with E-state index in [1.165, 1.54) is 5.57 Å². The molecule has 0 saturated carbocycles. The molecule has 0 N–H and O–H groups in total. The van der Waals surface area contributed by atoms with Crippen molar-refractivity contribution < 1.29 is 9.53 Å². The number of rotatable bonds is 7. The predicted molar refractivity (Wildman–Crippen MR) is 108 cm³/mol. The molecule has 26 heavy (non-hydrogen) atoms. The zero-order valence-electron chi connectivity index (χ0n) is 15.6. The van der Waals surface area contributed by atoms with Gasteiger partial charge in [0.2, 0.25) is 0 Å². The zero-order chi connectivity index (χ0) is 18.4. The third kappa shape index (κ3) is 4.13. The molecule has 2 heteroatoms. The second kappa shape index (κ2) is 8.66. The van der Waals surface area contributed by atoms with E-state index in [2.05, 4.69) is 25.2 Å². The molecular weight excluding hydrogens is 320 g/mol. The molecule has 1 aliphatic rings. The van der Waals surface area contributed by atoms with Crippen LogP contribution in [0.1, 0.15) is 60.2 Å². The van der Waals surface area contributed by atoms with Gasteiger partial charge in [-0.2, -0.15) is 0 Å². The molecule has 0 aromatic heterocycles. The number of aryl methyl sites for hydroxylation is 1. The molecule has 0 spiro atoms. The first-order valence-electron chi connectivity index (χ1n) is 9.50. The smallest absolute Gasteiger partial charge is 0.193 e. The van der Waals surface area contributed by atoms with Crippen molar-refractivity contribution in [3.05, 3.63) is 82.9 Å². The second-order valence-electron chi connectivity index (χ2n) is 6.55. The summed E-state index contributed by atoms with van der Waals surface area (Å²) in [4.78, 5) is 12.9. The number of carbonyl (C=O) groups excluding carboxylic acids is 1. The van der Waals surface area contributed by atoms with E-state index in [1.807, 2.05) is 49.4 Å². The van der Waals surface area contributed by atoms with Crippen LogP contribution in [0.4, 0.5) is 0 Å². The van der Waals surface area contributed by atoms with Crippen LogP contribution in [-0.4, -0.2) is 12.4 Å². The summed E-state index contributed by atoms with van der Waals surface area (Å²) in [6.07, 6.45) is 10.7. The molecule has 0 atom stereocenters. The Balaban J connectivity index is 1.83. The summed E-state index contributed by atoms with van der Waals surface area (Å²) in [5.41, 5.74) is 4.95. The monoisotopic (exact) mass is 346 g/mol. The van der Waals surface area contributed by atoms with Crippen LogP contribution in [0.2, 0.25) is 0 Å². The van der Waals surface area contributed by atoms with Crippen LogP contribution >= 0.6 is 0 Å². The Kier molecular flexibility index (Phi) is 6.06. The van der Waals surface area contributed by atoms with Gasteiger partial charge in [-0.25, -0.2) is 0 Å². The van der Waals surface area contributed by atoms with Gasteiger partial charge in [0.25, 0.3) is 0 Å². The van der Waals surface area contributed by atoms with E-state index in [0.717, 1.165) is 53.7 Å². The minimum absolute atomic E-state index is 0.0603. The van der Waals surface area contributed by atoms with Crippen LogP contribution < -0.4 is 4.74 Å². The van der Waals surface area contributed by atoms with Crippen LogP contribution in [0.25, 0.3) is 5.57 Å². The quantitative estimate of drug-likeness (QED) is 0.575. The molecule has 0 aliphatic heterocycles.